The number of rotatable bonds is 8. The predicted molar refractivity (Wildman–Crippen MR) is 132 cm³/mol. The summed E-state index contributed by atoms with van der Waals surface area (Å²) in [5.74, 6) is 5.07. The van der Waals surface area contributed by atoms with Gasteiger partial charge in [0.1, 0.15) is 0 Å². The van der Waals surface area contributed by atoms with E-state index >= 15 is 0 Å². The fourth-order valence-corrected chi connectivity index (χ4v) is 5.01. The van der Waals surface area contributed by atoms with E-state index in [1.54, 1.807) is 0 Å². The summed E-state index contributed by atoms with van der Waals surface area (Å²) in [5, 5.41) is 4.54. The Morgan fingerprint density at radius 2 is 1.41 bits per heavy atom. The van der Waals surface area contributed by atoms with Crippen LogP contribution in [-0.2, 0) is 36.4 Å². The van der Waals surface area contributed by atoms with E-state index in [1.807, 2.05) is 0 Å². The van der Waals surface area contributed by atoms with E-state index in [1.165, 1.54) is 20.2 Å². The second-order valence-corrected chi connectivity index (χ2v) is 9.91. The molecule has 1 saturated carbocycles. The van der Waals surface area contributed by atoms with Crippen molar-refractivity contribution in [3.05, 3.63) is 69.8 Å². The summed E-state index contributed by atoms with van der Waals surface area (Å²) in [4.78, 5) is 1.05. The second-order valence-electron chi connectivity index (χ2n) is 9.91. The summed E-state index contributed by atoms with van der Waals surface area (Å²) in [6.07, 6.45) is -12.2. The van der Waals surface area contributed by atoms with Crippen molar-refractivity contribution in [1.29, 1.82) is 0 Å². The van der Waals surface area contributed by atoms with Gasteiger partial charge in [0.15, 0.2) is 0 Å². The van der Waals surface area contributed by atoms with Gasteiger partial charge in [-0.25, -0.2) is 11.0 Å². The number of halogens is 9. The average molecular weight is 600 g/mol. The Morgan fingerprint density at radius 3 is 1.88 bits per heavy atom. The van der Waals surface area contributed by atoms with Crippen LogP contribution in [0.2, 0.25) is 0 Å². The lowest BCUT2D eigenvalue weighted by molar-refractivity contribution is -0.143. The van der Waals surface area contributed by atoms with Crippen molar-refractivity contribution in [1.82, 2.24) is 10.0 Å². The van der Waals surface area contributed by atoms with Gasteiger partial charge in [-0.05, 0) is 65.8 Å². The third-order valence-corrected chi connectivity index (χ3v) is 6.83. The molecule has 2 aromatic carbocycles. The number of nitrogens with two attached hydrogens (primary N) is 2. The van der Waals surface area contributed by atoms with E-state index in [0.717, 1.165) is 47.8 Å². The lowest BCUT2D eigenvalue weighted by Crippen LogP contribution is -2.39. The summed E-state index contributed by atoms with van der Waals surface area (Å²) >= 11 is 0. The van der Waals surface area contributed by atoms with Crippen molar-refractivity contribution in [3.8, 4) is 0 Å². The van der Waals surface area contributed by atoms with Crippen LogP contribution < -0.4 is 11.6 Å². The first-order valence-electron chi connectivity index (χ1n) is 12.5. The summed E-state index contributed by atoms with van der Waals surface area (Å²) in [6, 6.07) is 4.07. The fraction of sp³-hybridized carbons (Fsp3) is 0.500. The molecule has 0 aliphatic heterocycles. The molecular weight excluding hydrogens is 569 g/mol. The zero-order valence-electron chi connectivity index (χ0n) is 22.2. The number of nitrogens with zero attached hydrogens (tertiary/aromatic N) is 3. The lowest BCUT2D eigenvalue weighted by Gasteiger charge is -2.30. The number of methoxy groups -OCH3 is 1. The molecule has 1 fully saturated rings. The van der Waals surface area contributed by atoms with Gasteiger partial charge in [-0.3, -0.25) is 0 Å². The van der Waals surface area contributed by atoms with Crippen LogP contribution in [0.4, 0.5) is 39.5 Å². The van der Waals surface area contributed by atoms with Crippen molar-refractivity contribution in [3.63, 3.8) is 0 Å². The molecule has 6 nitrogen and oxygen atoms in total. The van der Waals surface area contributed by atoms with Crippen LogP contribution in [0.25, 0.3) is 0 Å². The molecule has 0 radical (unpaired) electrons. The highest BCUT2D eigenvalue weighted by molar-refractivity contribution is 5.77. The molecule has 1 aliphatic rings. The Balaban J connectivity index is 2.14. The number of guanidine groups is 1. The molecule has 0 saturated heterocycles. The predicted octanol–water partition coefficient (Wildman–Crippen LogP) is 6.66. The smallest absolute Gasteiger partial charge is 0.376 e. The van der Waals surface area contributed by atoms with Gasteiger partial charge in [0.25, 0.3) is 0 Å². The third-order valence-electron chi connectivity index (χ3n) is 6.83. The molecule has 41 heavy (non-hydrogen) atoms. The van der Waals surface area contributed by atoms with E-state index in [0.29, 0.717) is 17.7 Å². The number of alkyl halides is 9. The molecule has 1 atom stereocenters. The van der Waals surface area contributed by atoms with E-state index in [2.05, 4.69) is 5.10 Å². The summed E-state index contributed by atoms with van der Waals surface area (Å²) in [5.41, 5.74) is 1.95. The van der Waals surface area contributed by atoms with Gasteiger partial charge in [-0.2, -0.15) is 39.5 Å². The first-order valence-corrected chi connectivity index (χ1v) is 12.5. The minimum absolute atomic E-state index is 0.00272. The molecule has 228 valence electrons. The molecule has 4 N–H and O–H groups in total. The van der Waals surface area contributed by atoms with E-state index in [4.69, 9.17) is 16.3 Å². The Morgan fingerprint density at radius 1 is 0.878 bits per heavy atom. The molecule has 1 aliphatic carbocycles. The van der Waals surface area contributed by atoms with Crippen molar-refractivity contribution in [2.45, 2.75) is 63.4 Å². The van der Waals surface area contributed by atoms with Gasteiger partial charge in [-0.15, -0.1) is 5.10 Å². The van der Waals surface area contributed by atoms with Gasteiger partial charge >= 0.3 is 18.5 Å². The standard InChI is InChI=1S/C26H30F9N5O/c1-39(37)38-23(36)40(13-15-9-19(25(30,31)32)12-20(10-15)26(33,34)35)14-17-11-18(24(27,28)29)7-8-21(17)22(41-2)16-5-3-4-6-16/h7-12,16,22H,3-6,13-14,37H2,1-2H3,(H2,36,38)/t22-/m0/s1. The third kappa shape index (κ3) is 8.41. The van der Waals surface area contributed by atoms with Crippen molar-refractivity contribution in [2.24, 2.45) is 22.6 Å². The summed E-state index contributed by atoms with van der Waals surface area (Å²) in [6.45, 7) is -1.11. The molecule has 2 aromatic rings. The zero-order valence-corrected chi connectivity index (χ0v) is 22.2. The number of benzene rings is 2. The highest BCUT2D eigenvalue weighted by Crippen LogP contribution is 2.41. The number of ether oxygens (including phenoxy) is 1. The maximum atomic E-state index is 13.7. The van der Waals surface area contributed by atoms with Crippen molar-refractivity contribution >= 4 is 5.96 Å². The quantitative estimate of drug-likeness (QED) is 0.117. The molecular formula is C26H30F9N5O. The van der Waals surface area contributed by atoms with Gasteiger partial charge in [0, 0.05) is 27.2 Å². The van der Waals surface area contributed by atoms with Crippen LogP contribution in [-0.4, -0.2) is 30.1 Å². The van der Waals surface area contributed by atoms with Crippen LogP contribution in [0.5, 0.6) is 0 Å². The molecule has 0 unspecified atom stereocenters. The Bertz CT molecular complexity index is 1190. The molecule has 0 spiro atoms. The summed E-state index contributed by atoms with van der Waals surface area (Å²) < 4.78 is 127. The Hall–Kier alpha value is -3.20. The van der Waals surface area contributed by atoms with Crippen LogP contribution in [0.3, 0.4) is 0 Å². The molecule has 3 rings (SSSR count). The lowest BCUT2D eigenvalue weighted by atomic mass is 9.89. The van der Waals surface area contributed by atoms with E-state index in [-0.39, 0.29) is 17.5 Å². The molecule has 0 aromatic heterocycles. The van der Waals surface area contributed by atoms with Gasteiger partial charge in [0.05, 0.1) is 22.8 Å². The summed E-state index contributed by atoms with van der Waals surface area (Å²) in [7, 11) is 2.68. The zero-order chi connectivity index (χ0) is 30.8. The van der Waals surface area contributed by atoms with Crippen LogP contribution >= 0.6 is 0 Å². The highest BCUT2D eigenvalue weighted by atomic mass is 19.4. The SMILES string of the molecule is CO[C@H](c1ccc(C(F)(F)F)cc1CN(Cc1cc(C(F)(F)F)cc(C(F)(F)F)c1)/C(N)=N/N(C)N)C1CCCC1. The molecule has 0 bridgehead atoms. The van der Waals surface area contributed by atoms with Crippen molar-refractivity contribution < 1.29 is 44.3 Å². The number of hydrogen-bond acceptors (Lipinski definition) is 4. The maximum absolute atomic E-state index is 13.7. The number of hydrazone groups is 1. The monoisotopic (exact) mass is 599 g/mol. The molecule has 0 heterocycles. The van der Waals surface area contributed by atoms with Crippen LogP contribution in [0.15, 0.2) is 41.5 Å². The van der Waals surface area contributed by atoms with Crippen LogP contribution in [0, 0.1) is 5.92 Å². The number of hydrazine groups is 1. The highest BCUT2D eigenvalue weighted by Gasteiger charge is 2.38. The minimum Gasteiger partial charge on any atom is -0.376 e. The number of hydrogen-bond donors (Lipinski definition) is 2. The van der Waals surface area contributed by atoms with E-state index < -0.39 is 65.9 Å². The topological polar surface area (TPSA) is 80.1 Å². The molecule has 15 heteroatoms. The average Bonchev–Trinajstić information content (AvgIpc) is 3.37. The van der Waals surface area contributed by atoms with Gasteiger partial charge in [-0.1, -0.05) is 18.9 Å². The first-order chi connectivity index (χ1) is 18.9. The van der Waals surface area contributed by atoms with Crippen LogP contribution in [0.1, 0.15) is 65.2 Å². The van der Waals surface area contributed by atoms with Gasteiger partial charge in [0.2, 0.25) is 5.96 Å². The van der Waals surface area contributed by atoms with Gasteiger partial charge < -0.3 is 15.4 Å². The minimum atomic E-state index is -5.10. The normalized spacial score (nSPS) is 16.2. The second kappa shape index (κ2) is 12.3. The Kier molecular flexibility index (Phi) is 9.73. The van der Waals surface area contributed by atoms with E-state index in [9.17, 15) is 39.5 Å². The fourth-order valence-electron chi connectivity index (χ4n) is 5.01. The maximum Gasteiger partial charge on any atom is 0.416 e. The Labute approximate surface area is 230 Å². The van der Waals surface area contributed by atoms with Crippen molar-refractivity contribution in [2.75, 3.05) is 14.2 Å². The largest absolute Gasteiger partial charge is 0.416 e. The molecule has 0 amide bonds. The first kappa shape index (κ1) is 32.3.